The Kier molecular flexibility index (Phi) is 8.39. The number of nitrogens with zero attached hydrogens (tertiary/aromatic N) is 7. The van der Waals surface area contributed by atoms with Gasteiger partial charge in [0.15, 0.2) is 29.4 Å². The summed E-state index contributed by atoms with van der Waals surface area (Å²) >= 11 is 1.16. The molecule has 0 aliphatic carbocycles. The van der Waals surface area contributed by atoms with Crippen LogP contribution in [0.15, 0.2) is 43.0 Å². The van der Waals surface area contributed by atoms with Crippen molar-refractivity contribution in [3.05, 3.63) is 71.8 Å². The highest BCUT2D eigenvalue weighted by Crippen LogP contribution is 2.27. The van der Waals surface area contributed by atoms with Gasteiger partial charge in [-0.25, -0.2) is 23.7 Å². The maximum atomic E-state index is 14.0. The number of benzene rings is 1. The topological polar surface area (TPSA) is 119 Å². The number of carbonyl (C=O) groups is 1. The molecule has 202 valence electrons. The number of hydrogen-bond donors (Lipinski definition) is 2. The van der Waals surface area contributed by atoms with Crippen LogP contribution in [0.4, 0.5) is 19.6 Å². The predicted octanol–water partition coefficient (Wildman–Crippen LogP) is 6.17. The van der Waals surface area contributed by atoms with Gasteiger partial charge in [0.25, 0.3) is 0 Å². The fourth-order valence-corrected chi connectivity index (χ4v) is 4.42. The van der Waals surface area contributed by atoms with Crippen LogP contribution in [0.2, 0.25) is 0 Å². The zero-order valence-electron chi connectivity index (χ0n) is 22.0. The fourth-order valence-electron chi connectivity index (χ4n) is 3.81. The maximum absolute atomic E-state index is 14.0. The molecule has 0 radical (unpaired) electrons. The van der Waals surface area contributed by atoms with E-state index in [0.717, 1.165) is 34.6 Å². The van der Waals surface area contributed by atoms with Crippen molar-refractivity contribution < 1.29 is 13.6 Å². The quantitative estimate of drug-likeness (QED) is 0.238. The van der Waals surface area contributed by atoms with Gasteiger partial charge in [-0.1, -0.05) is 27.7 Å². The van der Waals surface area contributed by atoms with Crippen molar-refractivity contribution in [2.24, 2.45) is 0 Å². The van der Waals surface area contributed by atoms with Gasteiger partial charge < -0.3 is 10.3 Å². The van der Waals surface area contributed by atoms with Crippen LogP contribution in [-0.4, -0.2) is 44.8 Å². The average Bonchev–Trinajstić information content (AvgIpc) is 3.75. The number of halogens is 2. The summed E-state index contributed by atoms with van der Waals surface area (Å²) in [5, 5.41) is 8.24. The third kappa shape index (κ3) is 5.53. The average molecular weight is 552 g/mol. The first-order valence-electron chi connectivity index (χ1n) is 12.4. The molecule has 6 aromatic rings. The summed E-state index contributed by atoms with van der Waals surface area (Å²) in [6.07, 6.45) is 7.77. The van der Waals surface area contributed by atoms with E-state index >= 15 is 0 Å². The second kappa shape index (κ2) is 11.9. The molecule has 10 nitrogen and oxygen atoms in total. The van der Waals surface area contributed by atoms with E-state index in [2.05, 4.69) is 34.7 Å². The molecule has 5 aromatic heterocycles. The van der Waals surface area contributed by atoms with Gasteiger partial charge in [-0.05, 0) is 30.6 Å². The van der Waals surface area contributed by atoms with Crippen molar-refractivity contribution in [2.75, 3.05) is 5.32 Å². The van der Waals surface area contributed by atoms with Gasteiger partial charge in [-0.2, -0.15) is 9.47 Å². The number of nitrogens with one attached hydrogen (secondary N) is 2. The van der Waals surface area contributed by atoms with Crippen LogP contribution in [0.5, 0.6) is 0 Å². The van der Waals surface area contributed by atoms with Gasteiger partial charge in [-0.3, -0.25) is 13.9 Å². The zero-order valence-corrected chi connectivity index (χ0v) is 22.8. The summed E-state index contributed by atoms with van der Waals surface area (Å²) in [5.41, 5.74) is 3.64. The molecule has 0 saturated carbocycles. The minimum Gasteiger partial charge on any atom is -0.340 e. The Morgan fingerprint density at radius 1 is 1.10 bits per heavy atom. The van der Waals surface area contributed by atoms with E-state index in [0.29, 0.717) is 39.8 Å². The predicted molar refractivity (Wildman–Crippen MR) is 148 cm³/mol. The number of hydrogen-bond acceptors (Lipinski definition) is 8. The number of aromatic nitrogens is 8. The highest BCUT2D eigenvalue weighted by atomic mass is 32.1. The molecule has 0 amide bonds. The molecular formula is C26H27F2N9OS. The lowest BCUT2D eigenvalue weighted by molar-refractivity contribution is 0.112. The van der Waals surface area contributed by atoms with Crippen molar-refractivity contribution in [3.63, 3.8) is 0 Å². The Morgan fingerprint density at radius 2 is 1.90 bits per heavy atom. The number of anilines is 2. The molecule has 13 heteroatoms. The highest BCUT2D eigenvalue weighted by Gasteiger charge is 2.16. The number of carbonyl (C=O) groups excluding carboxylic acids is 1. The van der Waals surface area contributed by atoms with Crippen LogP contribution < -0.4 is 5.32 Å². The number of fused-ring (bicyclic) bond motifs is 2. The van der Waals surface area contributed by atoms with Gasteiger partial charge in [0.05, 0.1) is 35.8 Å². The molecule has 0 atom stereocenters. The first-order valence-corrected chi connectivity index (χ1v) is 13.1. The monoisotopic (exact) mass is 551 g/mol. The second-order valence-electron chi connectivity index (χ2n) is 7.79. The van der Waals surface area contributed by atoms with Crippen molar-refractivity contribution in [2.45, 2.75) is 41.2 Å². The van der Waals surface area contributed by atoms with Gasteiger partial charge in [0, 0.05) is 24.0 Å². The lowest BCUT2D eigenvalue weighted by Crippen LogP contribution is -2.01. The summed E-state index contributed by atoms with van der Waals surface area (Å²) in [4.78, 5) is 27.1. The van der Waals surface area contributed by atoms with Gasteiger partial charge >= 0.3 is 0 Å². The van der Waals surface area contributed by atoms with Crippen molar-refractivity contribution in [3.8, 4) is 11.3 Å². The van der Waals surface area contributed by atoms with Gasteiger partial charge in [0.2, 0.25) is 0 Å². The largest absolute Gasteiger partial charge is 0.340 e. The number of aromatic amines is 1. The maximum Gasteiger partial charge on any atom is 0.186 e. The van der Waals surface area contributed by atoms with Crippen molar-refractivity contribution in [1.29, 1.82) is 0 Å². The third-order valence-corrected chi connectivity index (χ3v) is 6.06. The number of imidazole rings is 2. The zero-order chi connectivity index (χ0) is 28.1. The molecule has 5 heterocycles. The van der Waals surface area contributed by atoms with E-state index in [1.54, 1.807) is 23.1 Å². The van der Waals surface area contributed by atoms with Gasteiger partial charge in [-0.15, -0.1) is 0 Å². The van der Waals surface area contributed by atoms with Crippen LogP contribution >= 0.6 is 11.5 Å². The molecule has 2 N–H and O–H groups in total. The smallest absolute Gasteiger partial charge is 0.186 e. The minimum absolute atomic E-state index is 0.0432. The van der Waals surface area contributed by atoms with Crippen molar-refractivity contribution >= 4 is 45.3 Å². The molecule has 6 rings (SSSR count). The normalized spacial score (nSPS) is 10.6. The second-order valence-corrected chi connectivity index (χ2v) is 8.60. The Labute approximate surface area is 226 Å². The first kappa shape index (κ1) is 27.5. The SMILES string of the molecule is CC.CC.Cc1cn2c(-c3cnn(Cc4nc5c(F)c(F)ccc5[nH]4)c3)cnc2c(Nc2cc(C=O)ns2)n1. The Bertz CT molecular complexity index is 1730. The molecule has 0 bridgehead atoms. The van der Waals surface area contributed by atoms with E-state index in [9.17, 15) is 13.6 Å². The Hall–Kier alpha value is -4.52. The minimum atomic E-state index is -0.981. The lowest BCUT2D eigenvalue weighted by Gasteiger charge is -2.07. The number of H-pyrrole nitrogens is 1. The molecule has 0 fully saturated rings. The van der Waals surface area contributed by atoms with E-state index in [1.807, 2.05) is 51.4 Å². The van der Waals surface area contributed by atoms with Crippen LogP contribution in [0.3, 0.4) is 0 Å². The Morgan fingerprint density at radius 3 is 2.64 bits per heavy atom. The highest BCUT2D eigenvalue weighted by molar-refractivity contribution is 7.10. The van der Waals surface area contributed by atoms with E-state index in [-0.39, 0.29) is 12.1 Å². The van der Waals surface area contributed by atoms with Crippen LogP contribution in [0, 0.1) is 18.6 Å². The van der Waals surface area contributed by atoms with Crippen LogP contribution in [0.25, 0.3) is 27.9 Å². The molecule has 0 unspecified atom stereocenters. The van der Waals surface area contributed by atoms with Gasteiger partial charge in [0.1, 0.15) is 22.0 Å². The van der Waals surface area contributed by atoms with Crippen molar-refractivity contribution in [1.82, 2.24) is 38.5 Å². The number of rotatable bonds is 6. The molecule has 39 heavy (non-hydrogen) atoms. The Balaban J connectivity index is 0.000000845. The lowest BCUT2D eigenvalue weighted by atomic mass is 10.3. The van der Waals surface area contributed by atoms with Crippen LogP contribution in [0.1, 0.15) is 49.7 Å². The molecule has 0 spiro atoms. The molecule has 0 saturated heterocycles. The first-order chi connectivity index (χ1) is 19.0. The summed E-state index contributed by atoms with van der Waals surface area (Å²) in [5.74, 6) is -0.946. The van der Waals surface area contributed by atoms with E-state index in [1.165, 1.54) is 6.07 Å². The molecular weight excluding hydrogens is 524 g/mol. The molecule has 1 aromatic carbocycles. The number of aldehydes is 1. The van der Waals surface area contributed by atoms with E-state index < -0.39 is 11.6 Å². The standard InChI is InChI=1S/C22H15F2N9OS.2C2H6/c1-11-7-33-16(6-25-22(33)21(27-11)30-18-4-13(10-34)31-35-18)12-5-26-32(8-12)9-17-28-15-3-2-14(23)19(24)20(15)29-17;2*1-2/h2-8,10H,9H2,1H3,(H,27,30)(H,28,29);2*1-2H3. The summed E-state index contributed by atoms with van der Waals surface area (Å²) in [6, 6.07) is 4.15. The van der Waals surface area contributed by atoms with E-state index in [4.69, 9.17) is 0 Å². The molecule has 0 aliphatic rings. The fraction of sp³-hybridized carbons (Fsp3) is 0.231. The third-order valence-electron chi connectivity index (χ3n) is 5.34. The summed E-state index contributed by atoms with van der Waals surface area (Å²) < 4.78 is 35.1. The summed E-state index contributed by atoms with van der Waals surface area (Å²) in [6.45, 7) is 10.1. The van der Waals surface area contributed by atoms with Crippen LogP contribution in [-0.2, 0) is 6.54 Å². The number of aryl methyl sites for hydroxylation is 1. The molecule has 0 aliphatic heterocycles. The summed E-state index contributed by atoms with van der Waals surface area (Å²) in [7, 11) is 0.